The molecule has 1 aromatic carbocycles. The molecular formula is C26H32ClF2N5O3. The number of methoxy groups -OCH3 is 1. The van der Waals surface area contributed by atoms with Gasteiger partial charge in [-0.3, -0.25) is 10.2 Å². The lowest BCUT2D eigenvalue weighted by Crippen LogP contribution is -2.42. The molecule has 2 heterocycles. The van der Waals surface area contributed by atoms with Crippen molar-refractivity contribution in [2.45, 2.75) is 43.9 Å². The highest BCUT2D eigenvalue weighted by Gasteiger charge is 2.35. The molecule has 0 spiro atoms. The molecule has 2 aromatic rings. The highest BCUT2D eigenvalue weighted by Crippen LogP contribution is 2.33. The number of nitrogens with zero attached hydrogens (tertiary/aromatic N) is 3. The van der Waals surface area contributed by atoms with Crippen molar-refractivity contribution in [3.63, 3.8) is 0 Å². The molecule has 11 heteroatoms. The Kier molecular flexibility index (Phi) is 8.96. The molecule has 1 fully saturated rings. The van der Waals surface area contributed by atoms with Gasteiger partial charge in [0.2, 0.25) is 0 Å². The van der Waals surface area contributed by atoms with Gasteiger partial charge in [-0.05, 0) is 31.0 Å². The van der Waals surface area contributed by atoms with Crippen molar-refractivity contribution in [3.8, 4) is 0 Å². The summed E-state index contributed by atoms with van der Waals surface area (Å²) in [6, 6.07) is 2.83. The van der Waals surface area contributed by atoms with Gasteiger partial charge < -0.3 is 15.2 Å². The normalized spacial score (nSPS) is 22.4. The zero-order valence-electron chi connectivity index (χ0n) is 20.8. The van der Waals surface area contributed by atoms with E-state index in [2.05, 4.69) is 20.6 Å². The Labute approximate surface area is 219 Å². The quantitative estimate of drug-likeness (QED) is 0.451. The van der Waals surface area contributed by atoms with Crippen molar-refractivity contribution in [2.24, 2.45) is 0 Å². The molecule has 4 rings (SSSR count). The number of aliphatic hydroxyl groups is 1. The van der Waals surface area contributed by atoms with Crippen molar-refractivity contribution < 1.29 is 23.4 Å². The van der Waals surface area contributed by atoms with Crippen LogP contribution in [0.2, 0.25) is 5.02 Å². The third-order valence-corrected chi connectivity index (χ3v) is 7.00. The number of halogens is 3. The average Bonchev–Trinajstić information content (AvgIpc) is 3.40. The van der Waals surface area contributed by atoms with E-state index < -0.39 is 23.8 Å². The largest absolute Gasteiger partial charge is 0.393 e. The molecule has 8 nitrogen and oxygen atoms in total. The number of hydrogen-bond donors (Lipinski definition) is 3. The average molecular weight is 536 g/mol. The van der Waals surface area contributed by atoms with E-state index in [1.54, 1.807) is 24.8 Å². The molecule has 1 aliphatic heterocycles. The summed E-state index contributed by atoms with van der Waals surface area (Å²) in [6.07, 6.45) is 8.06. The van der Waals surface area contributed by atoms with Crippen molar-refractivity contribution in [1.29, 1.82) is 0 Å². The van der Waals surface area contributed by atoms with Crippen LogP contribution in [0.5, 0.6) is 0 Å². The number of ether oxygens (including phenoxy) is 1. The fraction of sp³-hybridized carbons (Fsp3) is 0.462. The number of carbonyl (C=O) groups excluding carboxylic acids is 1. The molecule has 1 saturated heterocycles. The van der Waals surface area contributed by atoms with Crippen LogP contribution in [0.4, 0.5) is 19.4 Å². The number of carbonyl (C=O) groups is 1. The zero-order chi connectivity index (χ0) is 26.5. The molecule has 200 valence electrons. The first kappa shape index (κ1) is 27.3. The van der Waals surface area contributed by atoms with E-state index in [1.165, 1.54) is 6.07 Å². The second-order valence-corrected chi connectivity index (χ2v) is 9.84. The molecule has 3 N–H and O–H groups in total. The molecule has 1 aliphatic carbocycles. The third-order valence-electron chi connectivity index (χ3n) is 6.61. The Hall–Kier alpha value is -2.79. The van der Waals surface area contributed by atoms with Gasteiger partial charge in [-0.25, -0.2) is 18.3 Å². The van der Waals surface area contributed by atoms with Gasteiger partial charge in [0.25, 0.3) is 0 Å². The summed E-state index contributed by atoms with van der Waals surface area (Å²) in [7, 11) is 1.61. The Balaban J connectivity index is 1.55. The maximum atomic E-state index is 14.0. The fourth-order valence-electron chi connectivity index (χ4n) is 4.80. The van der Waals surface area contributed by atoms with Crippen molar-refractivity contribution >= 4 is 23.4 Å². The minimum absolute atomic E-state index is 0.147. The summed E-state index contributed by atoms with van der Waals surface area (Å²) in [4.78, 5) is 15.3. The van der Waals surface area contributed by atoms with Crippen molar-refractivity contribution in [3.05, 3.63) is 70.4 Å². The number of anilines is 1. The topological polar surface area (TPSA) is 91.7 Å². The maximum absolute atomic E-state index is 14.0. The van der Waals surface area contributed by atoms with E-state index in [-0.39, 0.29) is 29.4 Å². The first-order chi connectivity index (χ1) is 17.8. The number of nitrogens with one attached hydrogen (secondary N) is 2. The van der Waals surface area contributed by atoms with Gasteiger partial charge in [0.15, 0.2) is 17.5 Å². The fourth-order valence-corrected chi connectivity index (χ4v) is 5.05. The molecule has 0 saturated carbocycles. The summed E-state index contributed by atoms with van der Waals surface area (Å²) in [5, 5.41) is 20.6. The van der Waals surface area contributed by atoms with Gasteiger partial charge in [0.1, 0.15) is 5.02 Å². The monoisotopic (exact) mass is 535 g/mol. The van der Waals surface area contributed by atoms with Crippen LogP contribution in [-0.2, 0) is 11.2 Å². The predicted molar refractivity (Wildman–Crippen MR) is 138 cm³/mol. The van der Waals surface area contributed by atoms with Crippen LogP contribution in [0.3, 0.4) is 0 Å². The SMILES string of the molecule is COCCN1C[C@@H](NC(=O)Nc2c(Cl)c(C[C@@H](C)O)nn2C2C=CC=CC2)[C@H](c2ccc(F)c(F)c2)C1. The molecule has 1 aromatic heterocycles. The molecule has 37 heavy (non-hydrogen) atoms. The number of urea groups is 1. The van der Waals surface area contributed by atoms with Crippen LogP contribution in [0, 0.1) is 11.6 Å². The lowest BCUT2D eigenvalue weighted by Gasteiger charge is -2.22. The lowest BCUT2D eigenvalue weighted by molar-refractivity contribution is 0.159. The molecule has 0 radical (unpaired) electrons. The zero-order valence-corrected chi connectivity index (χ0v) is 21.6. The van der Waals surface area contributed by atoms with Crippen LogP contribution in [0.1, 0.15) is 36.6 Å². The van der Waals surface area contributed by atoms with E-state index in [0.29, 0.717) is 49.7 Å². The first-order valence-corrected chi connectivity index (χ1v) is 12.7. The molecule has 0 bridgehead atoms. The van der Waals surface area contributed by atoms with Gasteiger partial charge >= 0.3 is 6.03 Å². The number of amides is 2. The Morgan fingerprint density at radius 2 is 2.11 bits per heavy atom. The number of aliphatic hydroxyl groups excluding tert-OH is 1. The first-order valence-electron chi connectivity index (χ1n) is 12.3. The smallest absolute Gasteiger partial charge is 0.320 e. The van der Waals surface area contributed by atoms with E-state index in [9.17, 15) is 18.7 Å². The summed E-state index contributed by atoms with van der Waals surface area (Å²) in [6.45, 7) is 3.85. The highest BCUT2D eigenvalue weighted by molar-refractivity contribution is 6.34. The minimum atomic E-state index is -0.924. The van der Waals surface area contributed by atoms with Crippen LogP contribution in [0.25, 0.3) is 0 Å². The molecule has 1 unspecified atom stereocenters. The standard InChI is InChI=1S/C26H32ClF2N5O3/c1-16(35)12-22-24(27)25(34(32-22)18-6-4-3-5-7-18)31-26(36)30-23-15-33(10-11-37-2)14-19(23)17-8-9-20(28)21(29)13-17/h3-6,8-9,13,16,18-19,23,35H,7,10-12,14-15H2,1-2H3,(H2,30,31,36)/t16-,18?,19+,23-/m1/s1. The summed E-state index contributed by atoms with van der Waals surface area (Å²) < 4.78 is 34.4. The van der Waals surface area contributed by atoms with E-state index >= 15 is 0 Å². The number of benzene rings is 1. The predicted octanol–water partition coefficient (Wildman–Crippen LogP) is 4.03. The van der Waals surface area contributed by atoms with Gasteiger partial charge in [-0.2, -0.15) is 5.10 Å². The number of allylic oxidation sites excluding steroid dienone is 4. The Bertz CT molecular complexity index is 1170. The Morgan fingerprint density at radius 1 is 1.30 bits per heavy atom. The highest BCUT2D eigenvalue weighted by atomic mass is 35.5. The number of rotatable bonds is 9. The molecule has 4 atom stereocenters. The van der Waals surface area contributed by atoms with Crippen molar-refractivity contribution in [1.82, 2.24) is 20.0 Å². The number of aromatic nitrogens is 2. The summed E-state index contributed by atoms with van der Waals surface area (Å²) >= 11 is 6.61. The summed E-state index contributed by atoms with van der Waals surface area (Å²) in [5.41, 5.74) is 1.09. The third kappa shape index (κ3) is 6.56. The molecule has 2 amide bonds. The van der Waals surface area contributed by atoms with E-state index in [4.69, 9.17) is 16.3 Å². The van der Waals surface area contributed by atoms with E-state index in [1.807, 2.05) is 24.3 Å². The van der Waals surface area contributed by atoms with Gasteiger partial charge in [-0.15, -0.1) is 0 Å². The summed E-state index contributed by atoms with van der Waals surface area (Å²) in [5.74, 6) is -1.76. The van der Waals surface area contributed by atoms with Crippen molar-refractivity contribution in [2.75, 3.05) is 38.7 Å². The van der Waals surface area contributed by atoms with Crippen LogP contribution in [-0.4, -0.2) is 71.3 Å². The lowest BCUT2D eigenvalue weighted by atomic mass is 9.94. The van der Waals surface area contributed by atoms with E-state index in [0.717, 1.165) is 6.07 Å². The van der Waals surface area contributed by atoms with Crippen LogP contribution in [0.15, 0.2) is 42.5 Å². The molecular weight excluding hydrogens is 504 g/mol. The second-order valence-electron chi connectivity index (χ2n) is 9.46. The second kappa shape index (κ2) is 12.2. The minimum Gasteiger partial charge on any atom is -0.393 e. The van der Waals surface area contributed by atoms with Crippen LogP contribution >= 0.6 is 11.6 Å². The van der Waals surface area contributed by atoms with Crippen LogP contribution < -0.4 is 10.6 Å². The Morgan fingerprint density at radius 3 is 2.78 bits per heavy atom. The maximum Gasteiger partial charge on any atom is 0.320 e. The van der Waals surface area contributed by atoms with Gasteiger partial charge in [0.05, 0.1) is 30.5 Å². The van der Waals surface area contributed by atoms with Gasteiger partial charge in [-0.1, -0.05) is 42.0 Å². The number of likely N-dealkylation sites (tertiary alicyclic amines) is 1. The molecule has 2 aliphatic rings. The number of hydrogen-bond acceptors (Lipinski definition) is 5. The van der Waals surface area contributed by atoms with Gasteiger partial charge in [0, 0.05) is 39.1 Å².